The average Bonchev–Trinajstić information content (AvgIpc) is 4.13. The fraction of sp³-hybridized carbons (Fsp3) is 0.174. The van der Waals surface area contributed by atoms with E-state index in [9.17, 15) is 41.0 Å². The number of ether oxygens (including phenoxy) is 6. The van der Waals surface area contributed by atoms with Crippen molar-refractivity contribution in [2.75, 3.05) is 53.3 Å². The molecule has 390 valence electrons. The summed E-state index contributed by atoms with van der Waals surface area (Å²) in [5, 5.41) is 22.7. The van der Waals surface area contributed by atoms with Crippen molar-refractivity contribution >= 4 is 35.1 Å². The zero-order valence-electron chi connectivity index (χ0n) is 39.8. The second-order valence-corrected chi connectivity index (χ2v) is 14.9. The molecule has 8 aromatic rings. The van der Waals surface area contributed by atoms with Crippen LogP contribution < -0.4 is 50.3 Å². The molecule has 6 N–H and O–H groups in total. The van der Waals surface area contributed by atoms with Crippen molar-refractivity contribution in [1.82, 2.24) is 54.9 Å². The summed E-state index contributed by atoms with van der Waals surface area (Å²) in [5.41, 5.74) is 1.33. The third kappa shape index (κ3) is 12.3. The first-order chi connectivity index (χ1) is 35.8. The van der Waals surface area contributed by atoms with Crippen molar-refractivity contribution in [3.8, 4) is 68.6 Å². The molecule has 0 bridgehead atoms. The standard InChI is InChI=1S/C23H21F3N8O4.C23H19F3N6O5/c1-36-14-7-13(8-15(9-14)37-2)30-22-29-11-17(12-6-16(20(35)32-27)21(38-3)28-10-12)19(31-22)34-5-4-18(33-34)23(24,25)26;1-35-14-7-13(8-15(9-14)36-2)29-22-28-11-17(12-6-16(21(33)34)20(37-3)27-10-12)19(30-22)32-5-4-18(31-32)23(24,25)26/h4-11H,27H2,1-3H3,(H,32,35)(H,29,30,31);4-11H,1-3H3,(H,33,34)(H,28,29,30). The van der Waals surface area contributed by atoms with Gasteiger partial charge in [-0.2, -0.15) is 46.5 Å². The molecule has 29 heteroatoms. The predicted octanol–water partition coefficient (Wildman–Crippen LogP) is 7.33. The SMILES string of the molecule is COc1cc(Nc2ncc(-c3cnc(OC)c(C(=O)NN)c3)c(-n3ccc(C(F)(F)F)n3)n2)cc(OC)c1.COc1cc(Nc2ncc(-c3cnc(OC)c(C(=O)O)c3)c(-n3ccc(C(F)(F)F)n3)n2)cc(OC)c1. The van der Waals surface area contributed by atoms with Crippen molar-refractivity contribution in [2.24, 2.45) is 5.84 Å². The second-order valence-electron chi connectivity index (χ2n) is 14.9. The first-order valence-corrected chi connectivity index (χ1v) is 21.1. The van der Waals surface area contributed by atoms with E-state index in [1.807, 2.05) is 5.43 Å². The zero-order chi connectivity index (χ0) is 54.2. The number of alkyl halides is 6. The van der Waals surface area contributed by atoms with Crippen LogP contribution in [0.4, 0.5) is 49.6 Å². The van der Waals surface area contributed by atoms with Gasteiger partial charge in [0.25, 0.3) is 5.91 Å². The summed E-state index contributed by atoms with van der Waals surface area (Å²) in [6, 6.07) is 14.2. The minimum absolute atomic E-state index is 0.0112. The van der Waals surface area contributed by atoms with Gasteiger partial charge in [0.05, 0.1) is 42.7 Å². The molecule has 0 saturated heterocycles. The number of nitrogens with zero attached hydrogens (tertiary/aromatic N) is 10. The predicted molar refractivity (Wildman–Crippen MR) is 252 cm³/mol. The van der Waals surface area contributed by atoms with Gasteiger partial charge in [0.1, 0.15) is 34.1 Å². The van der Waals surface area contributed by atoms with E-state index in [0.717, 1.165) is 33.9 Å². The number of amides is 1. The molecule has 0 aliphatic rings. The highest BCUT2D eigenvalue weighted by atomic mass is 19.4. The van der Waals surface area contributed by atoms with E-state index in [1.54, 1.807) is 36.4 Å². The molecule has 6 aromatic heterocycles. The van der Waals surface area contributed by atoms with Gasteiger partial charge in [0.15, 0.2) is 23.0 Å². The Balaban J connectivity index is 0.000000219. The molecular formula is C46H40F6N14O9. The molecule has 0 aliphatic heterocycles. The monoisotopic (exact) mass is 1050 g/mol. The molecule has 0 saturated carbocycles. The summed E-state index contributed by atoms with van der Waals surface area (Å²) in [6.45, 7) is 0. The normalized spacial score (nSPS) is 11.2. The Morgan fingerprint density at radius 2 is 0.933 bits per heavy atom. The van der Waals surface area contributed by atoms with Crippen molar-refractivity contribution in [3.05, 3.63) is 120 Å². The van der Waals surface area contributed by atoms with Crippen molar-refractivity contribution in [3.63, 3.8) is 0 Å². The van der Waals surface area contributed by atoms with Gasteiger partial charge in [-0.1, -0.05) is 0 Å². The summed E-state index contributed by atoms with van der Waals surface area (Å²) in [5.74, 6) is 4.99. The molecule has 8 rings (SSSR count). The largest absolute Gasteiger partial charge is 0.497 e. The Bertz CT molecular complexity index is 3330. The van der Waals surface area contributed by atoms with Crippen LogP contribution in [0, 0.1) is 0 Å². The smallest absolute Gasteiger partial charge is 0.435 e. The first-order valence-electron chi connectivity index (χ1n) is 21.1. The second kappa shape index (κ2) is 22.3. The number of anilines is 4. The Hall–Kier alpha value is -9.80. The molecule has 0 unspecified atom stereocenters. The average molecular weight is 1050 g/mol. The molecule has 0 fully saturated rings. The molecule has 0 atom stereocenters. The van der Waals surface area contributed by atoms with Crippen LogP contribution in [0.15, 0.2) is 97.8 Å². The Labute approximate surface area is 419 Å². The number of carbonyl (C=O) groups excluding carboxylic acids is 1. The van der Waals surface area contributed by atoms with E-state index in [2.05, 4.69) is 50.7 Å². The van der Waals surface area contributed by atoms with Crippen LogP contribution in [0.3, 0.4) is 0 Å². The number of hydrogen-bond acceptors (Lipinski definition) is 19. The number of rotatable bonds is 16. The summed E-state index contributed by atoms with van der Waals surface area (Å²) in [4.78, 5) is 49.3. The molecule has 0 aliphatic carbocycles. The summed E-state index contributed by atoms with van der Waals surface area (Å²) >= 11 is 0. The number of nitrogen functional groups attached to an aromatic ring is 1. The number of carbonyl (C=O) groups is 2. The lowest BCUT2D eigenvalue weighted by atomic mass is 10.1. The van der Waals surface area contributed by atoms with E-state index in [-0.39, 0.29) is 68.7 Å². The molecule has 6 heterocycles. The number of nitrogens with one attached hydrogen (secondary N) is 3. The van der Waals surface area contributed by atoms with E-state index >= 15 is 0 Å². The molecular weight excluding hydrogens is 1010 g/mol. The maximum Gasteiger partial charge on any atom is 0.435 e. The van der Waals surface area contributed by atoms with E-state index in [4.69, 9.17) is 34.3 Å². The third-order valence-electron chi connectivity index (χ3n) is 10.3. The number of halogens is 6. The highest BCUT2D eigenvalue weighted by Crippen LogP contribution is 2.35. The van der Waals surface area contributed by atoms with Gasteiger partial charge in [-0.3, -0.25) is 10.2 Å². The van der Waals surface area contributed by atoms with Crippen molar-refractivity contribution in [2.45, 2.75) is 12.4 Å². The van der Waals surface area contributed by atoms with Crippen LogP contribution >= 0.6 is 0 Å². The maximum absolute atomic E-state index is 13.3. The first kappa shape index (κ1) is 53.0. The summed E-state index contributed by atoms with van der Waals surface area (Å²) < 4.78 is 113. The number of hydrogen-bond donors (Lipinski definition) is 5. The highest BCUT2D eigenvalue weighted by molar-refractivity contribution is 5.97. The fourth-order valence-electron chi connectivity index (χ4n) is 6.74. The number of aromatic nitrogens is 10. The van der Waals surface area contributed by atoms with Gasteiger partial charge in [0, 0.05) is 107 Å². The molecule has 0 spiro atoms. The van der Waals surface area contributed by atoms with Crippen molar-refractivity contribution in [1.29, 1.82) is 0 Å². The van der Waals surface area contributed by atoms with Crippen LogP contribution in [-0.2, 0) is 12.4 Å². The number of carboxylic acids is 1. The van der Waals surface area contributed by atoms with Crippen LogP contribution in [-0.4, -0.2) is 109 Å². The molecule has 23 nitrogen and oxygen atoms in total. The van der Waals surface area contributed by atoms with Crippen LogP contribution in [0.1, 0.15) is 32.1 Å². The van der Waals surface area contributed by atoms with E-state index in [0.29, 0.717) is 34.4 Å². The van der Waals surface area contributed by atoms with Gasteiger partial charge < -0.3 is 44.2 Å². The molecule has 1 amide bonds. The topological polar surface area (TPSA) is 285 Å². The van der Waals surface area contributed by atoms with Crippen molar-refractivity contribution < 1.29 is 69.5 Å². The fourth-order valence-corrected chi connectivity index (χ4v) is 6.74. The van der Waals surface area contributed by atoms with Gasteiger partial charge >= 0.3 is 18.3 Å². The number of hydrazine groups is 1. The summed E-state index contributed by atoms with van der Waals surface area (Å²) in [6.07, 6.45) is -1.86. The van der Waals surface area contributed by atoms with Gasteiger partial charge in [-0.15, -0.1) is 0 Å². The van der Waals surface area contributed by atoms with Crippen LogP contribution in [0.25, 0.3) is 33.9 Å². The molecule has 0 radical (unpaired) electrons. The minimum atomic E-state index is -4.69. The molecule has 2 aromatic carbocycles. The summed E-state index contributed by atoms with van der Waals surface area (Å²) in [7, 11) is 8.51. The minimum Gasteiger partial charge on any atom is -0.497 e. The zero-order valence-corrected chi connectivity index (χ0v) is 39.8. The van der Waals surface area contributed by atoms with Gasteiger partial charge in [0.2, 0.25) is 23.7 Å². The Morgan fingerprint density at radius 1 is 0.547 bits per heavy atom. The quantitative estimate of drug-likeness (QED) is 0.0274. The number of methoxy groups -OCH3 is 6. The number of pyridine rings is 2. The van der Waals surface area contributed by atoms with E-state index < -0.39 is 35.6 Å². The number of carboxylic acid groups (broad SMARTS) is 1. The highest BCUT2D eigenvalue weighted by Gasteiger charge is 2.35. The third-order valence-corrected chi connectivity index (χ3v) is 10.3. The van der Waals surface area contributed by atoms with Gasteiger partial charge in [-0.25, -0.2) is 39.9 Å². The van der Waals surface area contributed by atoms with E-state index in [1.165, 1.54) is 79.6 Å². The van der Waals surface area contributed by atoms with Gasteiger partial charge in [-0.05, 0) is 24.3 Å². The number of nitrogens with two attached hydrogens (primary N) is 1. The molecule has 75 heavy (non-hydrogen) atoms. The lowest BCUT2D eigenvalue weighted by Crippen LogP contribution is -2.30. The Kier molecular flexibility index (Phi) is 15.8. The van der Waals surface area contributed by atoms with Crippen LogP contribution in [0.2, 0.25) is 0 Å². The van der Waals surface area contributed by atoms with Crippen LogP contribution in [0.5, 0.6) is 34.8 Å². The Morgan fingerprint density at radius 3 is 1.27 bits per heavy atom. The number of aromatic carboxylic acids is 1. The lowest BCUT2D eigenvalue weighted by Gasteiger charge is -2.14. The lowest BCUT2D eigenvalue weighted by molar-refractivity contribution is -0.142. The number of benzene rings is 2. The maximum atomic E-state index is 13.3.